The number of para-hydroxylation sites is 1. The van der Waals surface area contributed by atoms with Crippen LogP contribution in [0, 0.1) is 0 Å². The van der Waals surface area contributed by atoms with Crippen molar-refractivity contribution in [3.63, 3.8) is 0 Å². The maximum atomic E-state index is 11.7. The van der Waals surface area contributed by atoms with E-state index in [0.29, 0.717) is 9.92 Å². The Balaban J connectivity index is 1.95. The normalized spacial score (nSPS) is 11.8. The van der Waals surface area contributed by atoms with E-state index in [-0.39, 0.29) is 0 Å². The standard InChI is InChI=1S/C21H16ClNO2S/c1-26(24,25)19-12-6-15(7-13-19)21-14-16-4-2-3-5-20(16)23(21)18-10-8-17(22)9-11-18/h2-14H,1H3. The summed E-state index contributed by atoms with van der Waals surface area (Å²) in [5.74, 6) is 0. The second-order valence-electron chi connectivity index (χ2n) is 6.20. The van der Waals surface area contributed by atoms with Gasteiger partial charge in [-0.15, -0.1) is 0 Å². The highest BCUT2D eigenvalue weighted by Crippen LogP contribution is 2.32. The average molecular weight is 382 g/mol. The summed E-state index contributed by atoms with van der Waals surface area (Å²) in [5, 5.41) is 1.80. The van der Waals surface area contributed by atoms with Gasteiger partial charge < -0.3 is 4.57 Å². The number of aromatic nitrogens is 1. The van der Waals surface area contributed by atoms with Crippen LogP contribution in [0.3, 0.4) is 0 Å². The molecule has 0 aliphatic carbocycles. The number of rotatable bonds is 3. The van der Waals surface area contributed by atoms with Crippen LogP contribution in [0.2, 0.25) is 5.02 Å². The molecule has 4 aromatic rings. The molecule has 0 saturated heterocycles. The molecule has 1 heterocycles. The Morgan fingerprint density at radius 2 is 1.50 bits per heavy atom. The van der Waals surface area contributed by atoms with Crippen LogP contribution in [0.1, 0.15) is 0 Å². The minimum absolute atomic E-state index is 0.315. The van der Waals surface area contributed by atoms with Crippen molar-refractivity contribution in [2.75, 3.05) is 6.26 Å². The van der Waals surface area contributed by atoms with Gasteiger partial charge in [0.1, 0.15) is 0 Å². The first kappa shape index (κ1) is 16.9. The van der Waals surface area contributed by atoms with Crippen molar-refractivity contribution >= 4 is 32.3 Å². The summed E-state index contributed by atoms with van der Waals surface area (Å²) in [4.78, 5) is 0.315. The van der Waals surface area contributed by atoms with Crippen LogP contribution in [0.25, 0.3) is 27.8 Å². The zero-order valence-electron chi connectivity index (χ0n) is 14.1. The van der Waals surface area contributed by atoms with Crippen molar-refractivity contribution in [1.82, 2.24) is 4.57 Å². The lowest BCUT2D eigenvalue weighted by Crippen LogP contribution is -1.98. The maximum Gasteiger partial charge on any atom is 0.175 e. The van der Waals surface area contributed by atoms with Crippen LogP contribution < -0.4 is 0 Å². The molecule has 26 heavy (non-hydrogen) atoms. The molecule has 0 radical (unpaired) electrons. The van der Waals surface area contributed by atoms with E-state index in [1.54, 1.807) is 12.1 Å². The van der Waals surface area contributed by atoms with Crippen LogP contribution in [0.5, 0.6) is 0 Å². The molecule has 130 valence electrons. The molecule has 5 heteroatoms. The Morgan fingerprint density at radius 3 is 2.15 bits per heavy atom. The summed E-state index contributed by atoms with van der Waals surface area (Å²) < 4.78 is 25.6. The highest BCUT2D eigenvalue weighted by molar-refractivity contribution is 7.90. The van der Waals surface area contributed by atoms with Crippen molar-refractivity contribution in [3.05, 3.63) is 83.9 Å². The van der Waals surface area contributed by atoms with E-state index in [1.165, 1.54) is 6.26 Å². The lowest BCUT2D eigenvalue weighted by molar-refractivity contribution is 0.602. The Bertz CT molecular complexity index is 1190. The molecule has 0 bridgehead atoms. The van der Waals surface area contributed by atoms with Gasteiger partial charge in [0.05, 0.1) is 16.1 Å². The van der Waals surface area contributed by atoms with Gasteiger partial charge in [-0.3, -0.25) is 0 Å². The molecule has 0 spiro atoms. The van der Waals surface area contributed by atoms with Gasteiger partial charge in [0.25, 0.3) is 0 Å². The first-order valence-corrected chi connectivity index (χ1v) is 10.4. The van der Waals surface area contributed by atoms with E-state index in [2.05, 4.69) is 22.8 Å². The molecule has 1 aromatic heterocycles. The number of nitrogens with zero attached hydrogens (tertiary/aromatic N) is 1. The van der Waals surface area contributed by atoms with Gasteiger partial charge in [0.15, 0.2) is 9.84 Å². The third-order valence-electron chi connectivity index (χ3n) is 4.37. The fourth-order valence-corrected chi connectivity index (χ4v) is 3.86. The topological polar surface area (TPSA) is 39.1 Å². The van der Waals surface area contributed by atoms with E-state index >= 15 is 0 Å². The minimum Gasteiger partial charge on any atom is -0.309 e. The second kappa shape index (κ2) is 6.31. The number of hydrogen-bond donors (Lipinski definition) is 0. The van der Waals surface area contributed by atoms with Crippen LogP contribution >= 0.6 is 11.6 Å². The molecule has 4 rings (SSSR count). The average Bonchev–Trinajstić information content (AvgIpc) is 3.01. The van der Waals surface area contributed by atoms with Crippen molar-refractivity contribution in [1.29, 1.82) is 0 Å². The SMILES string of the molecule is CS(=O)(=O)c1ccc(-c2cc3ccccc3n2-c2ccc(Cl)cc2)cc1. The van der Waals surface area contributed by atoms with E-state index in [4.69, 9.17) is 11.6 Å². The highest BCUT2D eigenvalue weighted by Gasteiger charge is 2.13. The lowest BCUT2D eigenvalue weighted by atomic mass is 10.1. The first-order valence-electron chi connectivity index (χ1n) is 8.10. The van der Waals surface area contributed by atoms with Gasteiger partial charge in [0.2, 0.25) is 0 Å². The molecular weight excluding hydrogens is 366 g/mol. The van der Waals surface area contributed by atoms with E-state index in [9.17, 15) is 8.42 Å². The fourth-order valence-electron chi connectivity index (χ4n) is 3.11. The molecule has 0 saturated carbocycles. The van der Waals surface area contributed by atoms with Crippen LogP contribution in [-0.4, -0.2) is 19.2 Å². The van der Waals surface area contributed by atoms with Gasteiger partial charge in [-0.2, -0.15) is 0 Å². The summed E-state index contributed by atoms with van der Waals surface area (Å²) in [7, 11) is -3.21. The smallest absolute Gasteiger partial charge is 0.175 e. The molecule has 0 amide bonds. The minimum atomic E-state index is -3.21. The predicted octanol–water partition coefficient (Wildman–Crippen LogP) is 5.35. The van der Waals surface area contributed by atoms with Crippen molar-refractivity contribution in [2.24, 2.45) is 0 Å². The lowest BCUT2D eigenvalue weighted by Gasteiger charge is -2.12. The molecule has 0 fully saturated rings. The predicted molar refractivity (Wildman–Crippen MR) is 107 cm³/mol. The number of hydrogen-bond acceptors (Lipinski definition) is 2. The van der Waals surface area contributed by atoms with Crippen LogP contribution in [-0.2, 0) is 9.84 Å². The quantitative estimate of drug-likeness (QED) is 0.479. The largest absolute Gasteiger partial charge is 0.309 e. The van der Waals surface area contributed by atoms with Gasteiger partial charge >= 0.3 is 0 Å². The van der Waals surface area contributed by atoms with Crippen molar-refractivity contribution in [2.45, 2.75) is 4.90 Å². The fraction of sp³-hybridized carbons (Fsp3) is 0.0476. The molecule has 0 atom stereocenters. The summed E-state index contributed by atoms with van der Waals surface area (Å²) >= 11 is 6.04. The monoisotopic (exact) mass is 381 g/mol. The molecule has 0 unspecified atom stereocenters. The number of benzene rings is 3. The van der Waals surface area contributed by atoms with Gasteiger partial charge in [-0.25, -0.2) is 8.42 Å². The molecule has 0 N–H and O–H groups in total. The number of sulfone groups is 1. The third-order valence-corrected chi connectivity index (χ3v) is 5.75. The van der Waals surface area contributed by atoms with E-state index in [1.807, 2.05) is 48.5 Å². The third kappa shape index (κ3) is 3.02. The first-order chi connectivity index (χ1) is 12.4. The Kier molecular flexibility index (Phi) is 4.10. The molecular formula is C21H16ClNO2S. The van der Waals surface area contributed by atoms with Gasteiger partial charge in [0, 0.05) is 22.4 Å². The summed E-state index contributed by atoms with van der Waals surface area (Å²) in [6, 6.07) is 24.9. The zero-order chi connectivity index (χ0) is 18.3. The number of halogens is 1. The molecule has 0 aliphatic rings. The Morgan fingerprint density at radius 1 is 0.846 bits per heavy atom. The highest BCUT2D eigenvalue weighted by atomic mass is 35.5. The molecule has 3 aromatic carbocycles. The second-order valence-corrected chi connectivity index (χ2v) is 8.65. The Labute approximate surface area is 157 Å². The number of fused-ring (bicyclic) bond motifs is 1. The van der Waals surface area contributed by atoms with Crippen molar-refractivity contribution in [3.8, 4) is 16.9 Å². The van der Waals surface area contributed by atoms with Gasteiger partial charge in [-0.05, 0) is 54.1 Å². The van der Waals surface area contributed by atoms with Crippen LogP contribution in [0.4, 0.5) is 0 Å². The summed E-state index contributed by atoms with van der Waals surface area (Å²) in [6.45, 7) is 0. The summed E-state index contributed by atoms with van der Waals surface area (Å²) in [5.41, 5.74) is 4.02. The molecule has 3 nitrogen and oxygen atoms in total. The van der Waals surface area contributed by atoms with E-state index < -0.39 is 9.84 Å². The molecule has 0 aliphatic heterocycles. The zero-order valence-corrected chi connectivity index (χ0v) is 15.6. The summed E-state index contributed by atoms with van der Waals surface area (Å²) in [6.07, 6.45) is 1.21. The van der Waals surface area contributed by atoms with Crippen LogP contribution in [0.15, 0.2) is 83.8 Å². The maximum absolute atomic E-state index is 11.7. The Hall–Kier alpha value is -2.56. The van der Waals surface area contributed by atoms with E-state index in [0.717, 1.165) is 27.8 Å². The van der Waals surface area contributed by atoms with Gasteiger partial charge in [-0.1, -0.05) is 41.9 Å². The van der Waals surface area contributed by atoms with Crippen molar-refractivity contribution < 1.29 is 8.42 Å².